The molecule has 0 saturated carbocycles. The average Bonchev–Trinajstić information content (AvgIpc) is 3.33. The molecule has 0 amide bonds. The van der Waals surface area contributed by atoms with Crippen LogP contribution in [0.5, 0.6) is 0 Å². The van der Waals surface area contributed by atoms with Crippen LogP contribution in [0.2, 0.25) is 0 Å². The van der Waals surface area contributed by atoms with Crippen molar-refractivity contribution in [1.82, 2.24) is 0 Å². The summed E-state index contributed by atoms with van der Waals surface area (Å²) in [4.78, 5) is 37.9. The van der Waals surface area contributed by atoms with E-state index >= 15 is 0 Å². The zero-order valence-corrected chi connectivity index (χ0v) is 42.1. The molecule has 0 rings (SSSR count). The first-order chi connectivity index (χ1) is 33.0. The quantitative estimate of drug-likeness (QED) is 0.0262. The van der Waals surface area contributed by atoms with E-state index in [-0.39, 0.29) is 44.4 Å². The SMILES string of the molecule is CC/C=C\C/C=C\C/C=C\C/C=C\C/C=C\CCCCCC(=O)OCC(COC(=O)CC/C=C\C/C=C\C/C=C\C/C=C\CC)OC(=O)CCC/C=C\C/C=C\C/C=C\C/C=C\C/C=C\CC. The maximum absolute atomic E-state index is 12.8. The van der Waals surface area contributed by atoms with Gasteiger partial charge in [-0.2, -0.15) is 0 Å². The molecule has 0 aliphatic rings. The van der Waals surface area contributed by atoms with Gasteiger partial charge in [-0.3, -0.25) is 14.4 Å². The van der Waals surface area contributed by atoms with Crippen molar-refractivity contribution in [3.05, 3.63) is 170 Å². The van der Waals surface area contributed by atoms with E-state index in [1.807, 2.05) is 12.2 Å². The van der Waals surface area contributed by atoms with Crippen LogP contribution in [0.3, 0.4) is 0 Å². The third-order valence-electron chi connectivity index (χ3n) is 9.71. The van der Waals surface area contributed by atoms with Gasteiger partial charge in [0.1, 0.15) is 13.2 Å². The number of ether oxygens (including phenoxy) is 3. The van der Waals surface area contributed by atoms with Gasteiger partial charge in [0.05, 0.1) is 0 Å². The topological polar surface area (TPSA) is 78.9 Å². The molecule has 0 bridgehead atoms. The number of hydrogen-bond acceptors (Lipinski definition) is 6. The molecule has 0 aromatic rings. The lowest BCUT2D eigenvalue weighted by atomic mass is 10.1. The molecular formula is C61H90O6. The molecule has 1 atom stereocenters. The third-order valence-corrected chi connectivity index (χ3v) is 9.71. The summed E-state index contributed by atoms with van der Waals surface area (Å²) in [5, 5.41) is 0. The highest BCUT2D eigenvalue weighted by Crippen LogP contribution is 2.09. The molecule has 0 aromatic heterocycles. The Morgan fingerprint density at radius 2 is 0.582 bits per heavy atom. The van der Waals surface area contributed by atoms with Crippen molar-refractivity contribution in [1.29, 1.82) is 0 Å². The van der Waals surface area contributed by atoms with Crippen LogP contribution in [0.15, 0.2) is 170 Å². The van der Waals surface area contributed by atoms with E-state index in [1.54, 1.807) is 0 Å². The number of unbranched alkanes of at least 4 members (excludes halogenated alkanes) is 4. The molecular weight excluding hydrogens is 829 g/mol. The van der Waals surface area contributed by atoms with Gasteiger partial charge < -0.3 is 14.2 Å². The second-order valence-electron chi connectivity index (χ2n) is 15.9. The van der Waals surface area contributed by atoms with E-state index in [0.717, 1.165) is 122 Å². The summed E-state index contributed by atoms with van der Waals surface area (Å²) in [6.45, 7) is 6.11. The van der Waals surface area contributed by atoms with E-state index in [2.05, 4.69) is 179 Å². The molecule has 0 radical (unpaired) electrons. The summed E-state index contributed by atoms with van der Waals surface area (Å²) >= 11 is 0. The molecule has 6 heteroatoms. The van der Waals surface area contributed by atoms with Gasteiger partial charge in [-0.1, -0.05) is 197 Å². The van der Waals surface area contributed by atoms with E-state index in [9.17, 15) is 14.4 Å². The molecule has 1 unspecified atom stereocenters. The van der Waals surface area contributed by atoms with Crippen molar-refractivity contribution in [3.8, 4) is 0 Å². The fraction of sp³-hybridized carbons (Fsp3) is 0.492. The van der Waals surface area contributed by atoms with Crippen LogP contribution in [0.25, 0.3) is 0 Å². The number of carbonyl (C=O) groups is 3. The van der Waals surface area contributed by atoms with Crippen LogP contribution in [0.1, 0.15) is 175 Å². The Kier molecular flexibility index (Phi) is 49.2. The van der Waals surface area contributed by atoms with Crippen LogP contribution in [0.4, 0.5) is 0 Å². The Morgan fingerprint density at radius 1 is 0.299 bits per heavy atom. The lowest BCUT2D eigenvalue weighted by Crippen LogP contribution is -2.30. The van der Waals surface area contributed by atoms with Crippen LogP contribution in [0, 0.1) is 0 Å². The molecule has 67 heavy (non-hydrogen) atoms. The second kappa shape index (κ2) is 53.4. The fourth-order valence-electron chi connectivity index (χ4n) is 5.99. The van der Waals surface area contributed by atoms with E-state index < -0.39 is 12.1 Å². The van der Waals surface area contributed by atoms with Gasteiger partial charge >= 0.3 is 17.9 Å². The molecule has 0 aliphatic carbocycles. The summed E-state index contributed by atoms with van der Waals surface area (Å²) in [7, 11) is 0. The zero-order chi connectivity index (χ0) is 48.6. The molecule has 0 aliphatic heterocycles. The summed E-state index contributed by atoms with van der Waals surface area (Å²) in [6.07, 6.45) is 79.3. The lowest BCUT2D eigenvalue weighted by Gasteiger charge is -2.18. The summed E-state index contributed by atoms with van der Waals surface area (Å²) < 4.78 is 16.6. The normalized spacial score (nSPS) is 13.5. The number of esters is 3. The average molecular weight is 919 g/mol. The largest absolute Gasteiger partial charge is 0.462 e. The van der Waals surface area contributed by atoms with Crippen molar-refractivity contribution < 1.29 is 28.6 Å². The molecule has 0 N–H and O–H groups in total. The Balaban J connectivity index is 4.66. The fourth-order valence-corrected chi connectivity index (χ4v) is 5.99. The molecule has 0 fully saturated rings. The van der Waals surface area contributed by atoms with Gasteiger partial charge in [0.2, 0.25) is 0 Å². The number of carbonyl (C=O) groups excluding carboxylic acids is 3. The molecule has 0 spiro atoms. The molecule has 6 nitrogen and oxygen atoms in total. The van der Waals surface area contributed by atoms with E-state index in [4.69, 9.17) is 14.2 Å². The predicted octanol–water partition coefficient (Wildman–Crippen LogP) is 17.2. The maximum atomic E-state index is 12.8. The number of rotatable bonds is 43. The van der Waals surface area contributed by atoms with Crippen molar-refractivity contribution >= 4 is 17.9 Å². The van der Waals surface area contributed by atoms with Gasteiger partial charge in [-0.15, -0.1) is 0 Å². The lowest BCUT2D eigenvalue weighted by molar-refractivity contribution is -0.166. The summed E-state index contributed by atoms with van der Waals surface area (Å²) in [5.74, 6) is -1.14. The minimum absolute atomic E-state index is 0.149. The molecule has 0 heterocycles. The molecule has 0 saturated heterocycles. The predicted molar refractivity (Wildman–Crippen MR) is 288 cm³/mol. The molecule has 370 valence electrons. The highest BCUT2D eigenvalue weighted by Gasteiger charge is 2.19. The van der Waals surface area contributed by atoms with Crippen LogP contribution in [-0.2, 0) is 28.6 Å². The van der Waals surface area contributed by atoms with Crippen molar-refractivity contribution in [2.75, 3.05) is 13.2 Å². The van der Waals surface area contributed by atoms with Gasteiger partial charge in [0.15, 0.2) is 6.10 Å². The standard InChI is InChI=1S/C61H90O6/c1-4-7-10-13-16-19-22-25-27-29-30-32-33-36-39-42-45-48-51-54-60(63)66-57-58(56-65-59(62)53-50-47-44-41-38-35-24-21-18-15-12-9-6-3)67-61(64)55-52-49-46-43-40-37-34-31-28-26-23-20-17-14-11-8-5-2/h7-12,16-21,25-28,30,32,34-39,43-44,46-47,58H,4-6,13-15,22-24,29,31,33,40-42,45,48-57H2,1-3H3/b10-7-,11-8-,12-9-,19-16-,20-17-,21-18-,27-25-,28-26-,32-30-,37-34-,38-35-,39-36-,46-43-,47-44-. The van der Waals surface area contributed by atoms with E-state index in [1.165, 1.54) is 0 Å². The van der Waals surface area contributed by atoms with Gasteiger partial charge in [-0.05, 0) is 128 Å². The van der Waals surface area contributed by atoms with Crippen molar-refractivity contribution in [2.24, 2.45) is 0 Å². The first kappa shape index (κ1) is 61.8. The smallest absolute Gasteiger partial charge is 0.306 e. The first-order valence-electron chi connectivity index (χ1n) is 25.6. The Labute approximate surface area is 409 Å². The van der Waals surface area contributed by atoms with Gasteiger partial charge in [0, 0.05) is 19.3 Å². The van der Waals surface area contributed by atoms with Crippen LogP contribution < -0.4 is 0 Å². The zero-order valence-electron chi connectivity index (χ0n) is 42.1. The van der Waals surface area contributed by atoms with E-state index in [0.29, 0.717) is 12.8 Å². The summed E-state index contributed by atoms with van der Waals surface area (Å²) in [5.41, 5.74) is 0. The first-order valence-corrected chi connectivity index (χ1v) is 25.6. The van der Waals surface area contributed by atoms with Crippen LogP contribution in [-0.4, -0.2) is 37.2 Å². The Bertz CT molecular complexity index is 1620. The Hall–Kier alpha value is -5.23. The number of hydrogen-bond donors (Lipinski definition) is 0. The summed E-state index contributed by atoms with van der Waals surface area (Å²) in [6, 6.07) is 0. The van der Waals surface area contributed by atoms with Crippen molar-refractivity contribution in [2.45, 2.75) is 181 Å². The van der Waals surface area contributed by atoms with Crippen molar-refractivity contribution in [3.63, 3.8) is 0 Å². The molecule has 0 aromatic carbocycles. The Morgan fingerprint density at radius 3 is 0.940 bits per heavy atom. The minimum Gasteiger partial charge on any atom is -0.462 e. The van der Waals surface area contributed by atoms with Gasteiger partial charge in [-0.25, -0.2) is 0 Å². The third kappa shape index (κ3) is 51.6. The monoisotopic (exact) mass is 919 g/mol. The second-order valence-corrected chi connectivity index (χ2v) is 15.9. The highest BCUT2D eigenvalue weighted by atomic mass is 16.6. The van der Waals surface area contributed by atoms with Crippen LogP contribution >= 0.6 is 0 Å². The number of allylic oxidation sites excluding steroid dienone is 28. The highest BCUT2D eigenvalue weighted by molar-refractivity contribution is 5.71. The van der Waals surface area contributed by atoms with Gasteiger partial charge in [0.25, 0.3) is 0 Å². The minimum atomic E-state index is -0.859. The maximum Gasteiger partial charge on any atom is 0.306 e.